The zero-order valence-corrected chi connectivity index (χ0v) is 10.1. The van der Waals surface area contributed by atoms with Crippen LogP contribution in [-0.2, 0) is 4.74 Å². The molecule has 14 heavy (non-hydrogen) atoms. The van der Waals surface area contributed by atoms with Crippen LogP contribution < -0.4 is 0 Å². The molecule has 1 rings (SSSR count). The van der Waals surface area contributed by atoms with E-state index in [9.17, 15) is 4.79 Å². The number of hydrogen-bond acceptors (Lipinski definition) is 3. The molecule has 3 nitrogen and oxygen atoms in total. The molecule has 0 saturated carbocycles. The topological polar surface area (TPSA) is 50.2 Å². The second-order valence-electron chi connectivity index (χ2n) is 2.84. The van der Waals surface area contributed by atoms with Gasteiger partial charge in [0.05, 0.1) is 16.4 Å². The van der Waals surface area contributed by atoms with E-state index in [1.807, 2.05) is 29.5 Å². The number of aryl methyl sites for hydroxylation is 1. The molecule has 0 saturated heterocycles. The summed E-state index contributed by atoms with van der Waals surface area (Å²) in [5.41, 5.74) is 2.27. The number of esters is 1. The van der Waals surface area contributed by atoms with Gasteiger partial charge in [-0.05, 0) is 47.2 Å². The predicted molar refractivity (Wildman–Crippen MR) is 63.4 cm³/mol. The van der Waals surface area contributed by atoms with E-state index in [1.165, 1.54) is 7.11 Å². The highest BCUT2D eigenvalue weighted by Gasteiger charge is 2.08. The smallest absolute Gasteiger partial charge is 0.337 e. The maximum absolute atomic E-state index is 11.2. The number of methoxy groups -OCH3 is 1. The normalized spacial score (nSPS) is 9.64. The van der Waals surface area contributed by atoms with Gasteiger partial charge in [0, 0.05) is 5.56 Å². The Morgan fingerprint density at radius 3 is 2.57 bits per heavy atom. The number of carbonyl (C=O) groups is 1. The van der Waals surface area contributed by atoms with Crippen molar-refractivity contribution >= 4 is 32.3 Å². The average molecular weight is 303 g/mol. The molecule has 1 aromatic rings. The third-order valence-corrected chi connectivity index (χ3v) is 2.47. The summed E-state index contributed by atoms with van der Waals surface area (Å²) in [5, 5.41) is 7.47. The van der Waals surface area contributed by atoms with Crippen molar-refractivity contribution in [3.05, 3.63) is 34.9 Å². The van der Waals surface area contributed by atoms with Crippen molar-refractivity contribution in [2.75, 3.05) is 7.11 Å². The number of halogens is 1. The van der Waals surface area contributed by atoms with E-state index in [0.29, 0.717) is 9.28 Å². The number of nitrogens with one attached hydrogen (secondary N) is 1. The quantitative estimate of drug-likeness (QED) is 0.518. The minimum atomic E-state index is -0.348. The van der Waals surface area contributed by atoms with E-state index in [0.717, 1.165) is 11.1 Å². The Bertz CT molecular complexity index is 388. The Kier molecular flexibility index (Phi) is 3.62. The van der Waals surface area contributed by atoms with Gasteiger partial charge in [0.1, 0.15) is 0 Å². The Balaban J connectivity index is 3.12. The highest BCUT2D eigenvalue weighted by Crippen LogP contribution is 2.14. The Morgan fingerprint density at radius 2 is 2.14 bits per heavy atom. The second kappa shape index (κ2) is 4.54. The van der Waals surface area contributed by atoms with Gasteiger partial charge < -0.3 is 4.74 Å². The molecule has 0 aromatic heterocycles. The van der Waals surface area contributed by atoms with E-state index in [2.05, 4.69) is 4.74 Å². The minimum absolute atomic E-state index is 0.348. The van der Waals surface area contributed by atoms with Gasteiger partial charge in [0.25, 0.3) is 0 Å². The van der Waals surface area contributed by atoms with Crippen LogP contribution in [0, 0.1) is 12.3 Å². The summed E-state index contributed by atoms with van der Waals surface area (Å²) in [4.78, 5) is 11.2. The van der Waals surface area contributed by atoms with Crippen LogP contribution in [0.3, 0.4) is 0 Å². The van der Waals surface area contributed by atoms with Gasteiger partial charge in [-0.3, -0.25) is 5.41 Å². The van der Waals surface area contributed by atoms with Crippen molar-refractivity contribution in [1.82, 2.24) is 0 Å². The molecule has 0 aliphatic rings. The van der Waals surface area contributed by atoms with Crippen molar-refractivity contribution in [3.63, 3.8) is 0 Å². The van der Waals surface area contributed by atoms with Crippen LogP contribution >= 0.6 is 22.6 Å². The van der Waals surface area contributed by atoms with Gasteiger partial charge in [-0.2, -0.15) is 0 Å². The first kappa shape index (κ1) is 11.2. The largest absolute Gasteiger partial charge is 0.465 e. The third-order valence-electron chi connectivity index (χ3n) is 1.88. The van der Waals surface area contributed by atoms with Crippen molar-refractivity contribution in [2.24, 2.45) is 0 Å². The number of rotatable bonds is 2. The number of ether oxygens (including phenoxy) is 1. The second-order valence-corrected chi connectivity index (χ2v) is 3.91. The minimum Gasteiger partial charge on any atom is -0.465 e. The van der Waals surface area contributed by atoms with Crippen molar-refractivity contribution < 1.29 is 9.53 Å². The molecule has 1 aromatic carbocycles. The lowest BCUT2D eigenvalue weighted by molar-refractivity contribution is 0.0600. The summed E-state index contributed by atoms with van der Waals surface area (Å²) in [6.45, 7) is 1.87. The molecule has 0 heterocycles. The van der Waals surface area contributed by atoms with E-state index in [-0.39, 0.29) is 5.97 Å². The molecule has 0 fully saturated rings. The highest BCUT2D eigenvalue weighted by atomic mass is 127. The summed E-state index contributed by atoms with van der Waals surface area (Å²) < 4.78 is 5.07. The van der Waals surface area contributed by atoms with Crippen LogP contribution in [0.2, 0.25) is 0 Å². The van der Waals surface area contributed by atoms with Gasteiger partial charge in [-0.15, -0.1) is 0 Å². The maximum Gasteiger partial charge on any atom is 0.337 e. The molecular weight excluding hydrogens is 293 g/mol. The number of benzene rings is 1. The van der Waals surface area contributed by atoms with Gasteiger partial charge in [0.2, 0.25) is 0 Å². The summed E-state index contributed by atoms with van der Waals surface area (Å²) in [6.07, 6.45) is 0. The molecule has 1 N–H and O–H groups in total. The Labute approximate surface area is 96.1 Å². The molecular formula is C10H10INO2. The molecule has 4 heteroatoms. The van der Waals surface area contributed by atoms with E-state index in [1.54, 1.807) is 18.2 Å². The SMILES string of the molecule is COC(=O)c1ccc(C(=N)I)c(C)c1. The number of carbonyl (C=O) groups excluding carboxylic acids is 1. The molecule has 0 aliphatic carbocycles. The molecule has 0 bridgehead atoms. The maximum atomic E-state index is 11.2. The van der Waals surface area contributed by atoms with E-state index < -0.39 is 0 Å². The Hall–Kier alpha value is -0.910. The summed E-state index contributed by atoms with van der Waals surface area (Å²) in [6, 6.07) is 5.16. The van der Waals surface area contributed by atoms with Crippen molar-refractivity contribution in [2.45, 2.75) is 6.92 Å². The van der Waals surface area contributed by atoms with Gasteiger partial charge in [-0.25, -0.2) is 4.79 Å². The van der Waals surface area contributed by atoms with Crippen LogP contribution in [0.15, 0.2) is 18.2 Å². The number of hydrogen-bond donors (Lipinski definition) is 1. The lowest BCUT2D eigenvalue weighted by atomic mass is 10.1. The first-order chi connectivity index (χ1) is 6.56. The zero-order chi connectivity index (χ0) is 10.7. The van der Waals surface area contributed by atoms with Gasteiger partial charge >= 0.3 is 5.97 Å². The van der Waals surface area contributed by atoms with E-state index in [4.69, 9.17) is 5.41 Å². The molecule has 0 spiro atoms. The third kappa shape index (κ3) is 2.31. The van der Waals surface area contributed by atoms with Gasteiger partial charge in [-0.1, -0.05) is 6.07 Å². The summed E-state index contributed by atoms with van der Waals surface area (Å²) in [5.74, 6) is -0.348. The average Bonchev–Trinajstić information content (AvgIpc) is 2.15. The van der Waals surface area contributed by atoms with Crippen LogP contribution in [0.4, 0.5) is 0 Å². The van der Waals surface area contributed by atoms with Crippen LogP contribution in [0.25, 0.3) is 0 Å². The lowest BCUT2D eigenvalue weighted by Crippen LogP contribution is -2.03. The monoisotopic (exact) mass is 303 g/mol. The van der Waals surface area contributed by atoms with E-state index >= 15 is 0 Å². The standard InChI is InChI=1S/C10H10INO2/c1-6-5-7(10(13)14-2)3-4-8(6)9(11)12/h3-5,12H,1-2H3. The first-order valence-electron chi connectivity index (χ1n) is 3.99. The van der Waals surface area contributed by atoms with Gasteiger partial charge in [0.15, 0.2) is 0 Å². The lowest BCUT2D eigenvalue weighted by Gasteiger charge is -2.04. The molecule has 0 amide bonds. The molecule has 0 aliphatic heterocycles. The van der Waals surface area contributed by atoms with Crippen LogP contribution in [0.1, 0.15) is 21.5 Å². The molecule has 0 unspecified atom stereocenters. The fourth-order valence-corrected chi connectivity index (χ4v) is 1.76. The zero-order valence-electron chi connectivity index (χ0n) is 7.93. The van der Waals surface area contributed by atoms with Crippen LogP contribution in [0.5, 0.6) is 0 Å². The summed E-state index contributed by atoms with van der Waals surface area (Å²) >= 11 is 1.94. The van der Waals surface area contributed by atoms with Crippen molar-refractivity contribution in [3.8, 4) is 0 Å². The fraction of sp³-hybridized carbons (Fsp3) is 0.200. The molecule has 74 valence electrons. The molecule has 0 radical (unpaired) electrons. The van der Waals surface area contributed by atoms with Crippen LogP contribution in [-0.4, -0.2) is 16.8 Å². The first-order valence-corrected chi connectivity index (χ1v) is 5.07. The highest BCUT2D eigenvalue weighted by molar-refractivity contribution is 14.1. The van der Waals surface area contributed by atoms with Crippen molar-refractivity contribution in [1.29, 1.82) is 5.41 Å². The summed E-state index contributed by atoms with van der Waals surface area (Å²) in [7, 11) is 1.35. The Morgan fingerprint density at radius 1 is 1.50 bits per heavy atom. The fourth-order valence-electron chi connectivity index (χ4n) is 1.15. The molecule has 0 atom stereocenters. The predicted octanol–water partition coefficient (Wildman–Crippen LogP) is 2.54.